The van der Waals surface area contributed by atoms with Crippen molar-refractivity contribution in [3.63, 3.8) is 0 Å². The van der Waals surface area contributed by atoms with Crippen molar-refractivity contribution in [1.82, 2.24) is 5.43 Å². The zero-order valence-corrected chi connectivity index (χ0v) is 22.4. The standard InChI is InChI=1S/C26H21BrN4O6S/c1-2-36-21-11-17(20(27)13-22(21)37-15-25(32)29-18-6-4-3-5-7-18)14-28-30-26(33)24-12-16-10-19(31(34)35)8-9-23(16)38-24/h3-14H,2,15H2,1H3,(H,29,32)(H,30,33)/b28-14-. The van der Waals surface area contributed by atoms with Gasteiger partial charge in [0.15, 0.2) is 18.1 Å². The monoisotopic (exact) mass is 596 g/mol. The van der Waals surface area contributed by atoms with Gasteiger partial charge in [0.25, 0.3) is 17.5 Å². The van der Waals surface area contributed by atoms with Crippen molar-refractivity contribution >= 4 is 66.8 Å². The largest absolute Gasteiger partial charge is 0.490 e. The molecule has 38 heavy (non-hydrogen) atoms. The summed E-state index contributed by atoms with van der Waals surface area (Å²) in [5.41, 5.74) is 3.69. The minimum absolute atomic E-state index is 0.0421. The Labute approximate surface area is 229 Å². The Hall–Kier alpha value is -4.29. The maximum Gasteiger partial charge on any atom is 0.281 e. The first-order valence-corrected chi connectivity index (χ1v) is 12.9. The molecule has 0 aliphatic heterocycles. The fraction of sp³-hybridized carbons (Fsp3) is 0.115. The molecule has 0 aliphatic rings. The number of hydrogen-bond donors (Lipinski definition) is 2. The summed E-state index contributed by atoms with van der Waals surface area (Å²) in [7, 11) is 0. The molecule has 10 nitrogen and oxygen atoms in total. The van der Waals surface area contributed by atoms with Gasteiger partial charge in [0.05, 0.1) is 22.6 Å². The van der Waals surface area contributed by atoms with Gasteiger partial charge in [-0.05, 0) is 59.3 Å². The van der Waals surface area contributed by atoms with E-state index in [4.69, 9.17) is 9.47 Å². The Balaban J connectivity index is 1.42. The van der Waals surface area contributed by atoms with Gasteiger partial charge < -0.3 is 14.8 Å². The third kappa shape index (κ3) is 6.72. The van der Waals surface area contributed by atoms with Gasteiger partial charge in [0, 0.05) is 37.9 Å². The Bertz CT molecular complexity index is 1520. The number of fused-ring (bicyclic) bond motifs is 1. The van der Waals surface area contributed by atoms with Crippen LogP contribution in [-0.4, -0.2) is 36.2 Å². The molecule has 0 fully saturated rings. The normalized spacial score (nSPS) is 10.9. The molecule has 0 saturated carbocycles. The van der Waals surface area contributed by atoms with Crippen LogP contribution in [0, 0.1) is 10.1 Å². The smallest absolute Gasteiger partial charge is 0.281 e. The number of non-ortho nitro benzene ring substituents is 1. The number of anilines is 1. The third-order valence-corrected chi connectivity index (χ3v) is 6.89. The molecule has 0 atom stereocenters. The summed E-state index contributed by atoms with van der Waals surface area (Å²) in [6.07, 6.45) is 1.44. The average molecular weight is 597 g/mol. The summed E-state index contributed by atoms with van der Waals surface area (Å²) in [6.45, 7) is 1.97. The summed E-state index contributed by atoms with van der Waals surface area (Å²) in [5.74, 6) is -0.000755. The molecule has 0 unspecified atom stereocenters. The maximum absolute atomic E-state index is 12.6. The Kier molecular flexibility index (Phi) is 8.66. The quantitative estimate of drug-likeness (QED) is 0.136. The number of benzene rings is 3. The fourth-order valence-corrected chi connectivity index (χ4v) is 4.72. The summed E-state index contributed by atoms with van der Waals surface area (Å²) in [4.78, 5) is 35.7. The predicted octanol–water partition coefficient (Wildman–Crippen LogP) is 5.75. The molecule has 0 saturated heterocycles. The number of halogens is 1. The van der Waals surface area contributed by atoms with Crippen LogP contribution in [0.3, 0.4) is 0 Å². The highest BCUT2D eigenvalue weighted by Crippen LogP contribution is 2.33. The van der Waals surface area contributed by atoms with E-state index < -0.39 is 10.8 Å². The van der Waals surface area contributed by atoms with Gasteiger partial charge in [-0.3, -0.25) is 19.7 Å². The van der Waals surface area contributed by atoms with E-state index in [0.29, 0.717) is 44.1 Å². The van der Waals surface area contributed by atoms with E-state index in [2.05, 4.69) is 31.8 Å². The van der Waals surface area contributed by atoms with E-state index in [-0.39, 0.29) is 18.2 Å². The van der Waals surface area contributed by atoms with Gasteiger partial charge in [-0.25, -0.2) is 5.43 Å². The Morgan fingerprint density at radius 2 is 1.84 bits per heavy atom. The third-order valence-electron chi connectivity index (χ3n) is 5.08. The number of para-hydroxylation sites is 1. The number of nitrogens with zero attached hydrogens (tertiary/aromatic N) is 2. The van der Waals surface area contributed by atoms with Crippen LogP contribution < -0.4 is 20.2 Å². The minimum Gasteiger partial charge on any atom is -0.490 e. The first-order chi connectivity index (χ1) is 18.3. The summed E-state index contributed by atoms with van der Waals surface area (Å²) >= 11 is 4.66. The zero-order valence-electron chi connectivity index (χ0n) is 20.0. The molecule has 2 N–H and O–H groups in total. The summed E-state index contributed by atoms with van der Waals surface area (Å²) in [5, 5.41) is 18.4. The molecule has 4 rings (SSSR count). The number of carbonyl (C=O) groups excluding carboxylic acids is 2. The molecule has 4 aromatic rings. The number of hydrazone groups is 1. The highest BCUT2D eigenvalue weighted by Gasteiger charge is 2.14. The second-order valence-electron chi connectivity index (χ2n) is 7.75. The van der Waals surface area contributed by atoms with Crippen LogP contribution in [0.25, 0.3) is 10.1 Å². The number of rotatable bonds is 10. The minimum atomic E-state index is -0.481. The van der Waals surface area contributed by atoms with Crippen molar-refractivity contribution < 1.29 is 24.0 Å². The van der Waals surface area contributed by atoms with E-state index in [1.54, 1.807) is 36.4 Å². The molecule has 0 spiro atoms. The average Bonchev–Trinajstić information content (AvgIpc) is 3.34. The van der Waals surface area contributed by atoms with E-state index in [9.17, 15) is 19.7 Å². The SMILES string of the molecule is CCOc1cc(/C=N\NC(=O)c2cc3cc([N+](=O)[O-])ccc3s2)c(Br)cc1OCC(=O)Nc1ccccc1. The van der Waals surface area contributed by atoms with Crippen LogP contribution in [0.15, 0.2) is 76.3 Å². The highest BCUT2D eigenvalue weighted by molar-refractivity contribution is 9.10. The van der Waals surface area contributed by atoms with Crippen molar-refractivity contribution in [2.75, 3.05) is 18.5 Å². The number of ether oxygens (including phenoxy) is 2. The zero-order chi connectivity index (χ0) is 27.1. The molecule has 1 heterocycles. The number of hydrogen-bond acceptors (Lipinski definition) is 8. The highest BCUT2D eigenvalue weighted by atomic mass is 79.9. The first-order valence-electron chi connectivity index (χ1n) is 11.3. The lowest BCUT2D eigenvalue weighted by Gasteiger charge is -2.14. The topological polar surface area (TPSA) is 132 Å². The van der Waals surface area contributed by atoms with Crippen molar-refractivity contribution in [3.05, 3.63) is 91.8 Å². The second-order valence-corrected chi connectivity index (χ2v) is 9.68. The van der Waals surface area contributed by atoms with Gasteiger partial charge >= 0.3 is 0 Å². The van der Waals surface area contributed by atoms with Crippen molar-refractivity contribution in [1.29, 1.82) is 0 Å². The number of nitro benzene ring substituents is 1. The fourth-order valence-electron chi connectivity index (χ4n) is 3.36. The lowest BCUT2D eigenvalue weighted by atomic mass is 10.2. The Morgan fingerprint density at radius 1 is 1.08 bits per heavy atom. The lowest BCUT2D eigenvalue weighted by Crippen LogP contribution is -2.20. The van der Waals surface area contributed by atoms with E-state index in [1.165, 1.54) is 29.7 Å². The predicted molar refractivity (Wildman–Crippen MR) is 149 cm³/mol. The van der Waals surface area contributed by atoms with Crippen molar-refractivity contribution in [3.8, 4) is 11.5 Å². The number of amides is 2. The van der Waals surface area contributed by atoms with E-state index in [0.717, 1.165) is 4.70 Å². The number of nitro groups is 1. The number of nitrogens with one attached hydrogen (secondary N) is 2. The summed E-state index contributed by atoms with van der Waals surface area (Å²) < 4.78 is 12.7. The van der Waals surface area contributed by atoms with Crippen molar-refractivity contribution in [2.45, 2.75) is 6.92 Å². The van der Waals surface area contributed by atoms with Gasteiger partial charge in [-0.1, -0.05) is 18.2 Å². The maximum atomic E-state index is 12.6. The molecular formula is C26H21BrN4O6S. The van der Waals surface area contributed by atoms with Crippen LogP contribution in [-0.2, 0) is 4.79 Å². The van der Waals surface area contributed by atoms with Gasteiger partial charge in [-0.15, -0.1) is 11.3 Å². The van der Waals surface area contributed by atoms with Gasteiger partial charge in [-0.2, -0.15) is 5.10 Å². The molecule has 2 amide bonds. The van der Waals surface area contributed by atoms with E-state index >= 15 is 0 Å². The van der Waals surface area contributed by atoms with Gasteiger partial charge in [0.2, 0.25) is 0 Å². The molecule has 12 heteroatoms. The van der Waals surface area contributed by atoms with Crippen LogP contribution in [0.4, 0.5) is 11.4 Å². The van der Waals surface area contributed by atoms with Crippen molar-refractivity contribution in [2.24, 2.45) is 5.10 Å². The molecule has 0 radical (unpaired) electrons. The molecule has 1 aromatic heterocycles. The van der Waals surface area contributed by atoms with E-state index in [1.807, 2.05) is 25.1 Å². The van der Waals surface area contributed by atoms with Crippen LogP contribution in [0.2, 0.25) is 0 Å². The lowest BCUT2D eigenvalue weighted by molar-refractivity contribution is -0.384. The van der Waals surface area contributed by atoms with Gasteiger partial charge in [0.1, 0.15) is 0 Å². The summed E-state index contributed by atoms with van der Waals surface area (Å²) in [6, 6.07) is 18.4. The Morgan fingerprint density at radius 3 is 2.58 bits per heavy atom. The molecule has 0 aliphatic carbocycles. The number of carbonyl (C=O) groups is 2. The van der Waals surface area contributed by atoms with Crippen LogP contribution in [0.1, 0.15) is 22.2 Å². The molecular weight excluding hydrogens is 576 g/mol. The second kappa shape index (κ2) is 12.3. The molecule has 0 bridgehead atoms. The van der Waals surface area contributed by atoms with Crippen LogP contribution >= 0.6 is 27.3 Å². The first kappa shape index (κ1) is 26.8. The van der Waals surface area contributed by atoms with Crippen LogP contribution in [0.5, 0.6) is 11.5 Å². The molecule has 3 aromatic carbocycles. The molecule has 194 valence electrons. The number of thiophene rings is 1.